The van der Waals surface area contributed by atoms with E-state index in [4.69, 9.17) is 10.5 Å². The first-order valence-electron chi connectivity index (χ1n) is 5.85. The van der Waals surface area contributed by atoms with Crippen LogP contribution in [-0.2, 0) is 4.74 Å². The van der Waals surface area contributed by atoms with E-state index in [2.05, 4.69) is 16.0 Å². The number of anilines is 2. The van der Waals surface area contributed by atoms with Crippen molar-refractivity contribution in [1.29, 1.82) is 0 Å². The summed E-state index contributed by atoms with van der Waals surface area (Å²) in [4.78, 5) is 6.58. The van der Waals surface area contributed by atoms with Crippen molar-refractivity contribution in [1.82, 2.24) is 4.98 Å². The van der Waals surface area contributed by atoms with Crippen LogP contribution in [0.5, 0.6) is 0 Å². The third-order valence-corrected chi connectivity index (χ3v) is 3.12. The van der Waals surface area contributed by atoms with Gasteiger partial charge < -0.3 is 15.4 Å². The minimum atomic E-state index is 0.727. The molecule has 0 bridgehead atoms. The Kier molecular flexibility index (Phi) is 3.64. The van der Waals surface area contributed by atoms with Crippen LogP contribution in [0.2, 0.25) is 0 Å². The summed E-state index contributed by atoms with van der Waals surface area (Å²) in [6, 6.07) is 1.94. The summed E-state index contributed by atoms with van der Waals surface area (Å²) in [6.45, 7) is 4.55. The zero-order valence-corrected chi connectivity index (χ0v) is 10.4. The summed E-state index contributed by atoms with van der Waals surface area (Å²) in [5, 5.41) is 0. The standard InChI is InChI=1S/C13H19N3O/c1-10-3-6-15-13(12(10)14)16-7-4-11(5-8-16)9-17-2/h3-4,6H,5,7-9,14H2,1-2H3. The van der Waals surface area contributed by atoms with Crippen molar-refractivity contribution in [3.8, 4) is 0 Å². The number of pyridine rings is 1. The van der Waals surface area contributed by atoms with Crippen molar-refractivity contribution >= 4 is 11.5 Å². The zero-order chi connectivity index (χ0) is 12.3. The minimum Gasteiger partial charge on any atom is -0.396 e. The maximum absolute atomic E-state index is 6.06. The third-order valence-electron chi connectivity index (χ3n) is 3.12. The van der Waals surface area contributed by atoms with Gasteiger partial charge in [0, 0.05) is 26.4 Å². The number of rotatable bonds is 3. The van der Waals surface area contributed by atoms with E-state index in [1.54, 1.807) is 7.11 Å². The molecule has 0 atom stereocenters. The molecule has 0 fully saturated rings. The second-order valence-electron chi connectivity index (χ2n) is 4.36. The first-order chi connectivity index (χ1) is 8.22. The third kappa shape index (κ3) is 2.58. The predicted molar refractivity (Wildman–Crippen MR) is 70.2 cm³/mol. The highest BCUT2D eigenvalue weighted by Crippen LogP contribution is 2.25. The number of nitrogen functional groups attached to an aromatic ring is 1. The van der Waals surface area contributed by atoms with E-state index in [0.29, 0.717) is 0 Å². The van der Waals surface area contributed by atoms with Crippen LogP contribution in [-0.4, -0.2) is 31.8 Å². The fourth-order valence-corrected chi connectivity index (χ4v) is 2.03. The van der Waals surface area contributed by atoms with E-state index < -0.39 is 0 Å². The SMILES string of the molecule is COCC1=CCN(c2nccc(C)c2N)CC1. The second kappa shape index (κ2) is 5.19. The lowest BCUT2D eigenvalue weighted by molar-refractivity contribution is 0.222. The Morgan fingerprint density at radius 2 is 2.35 bits per heavy atom. The summed E-state index contributed by atoms with van der Waals surface area (Å²) in [6.07, 6.45) is 5.04. The van der Waals surface area contributed by atoms with Crippen molar-refractivity contribution < 1.29 is 4.74 Å². The Hall–Kier alpha value is -1.55. The van der Waals surface area contributed by atoms with Crippen LogP contribution in [0.4, 0.5) is 11.5 Å². The van der Waals surface area contributed by atoms with Gasteiger partial charge in [0.05, 0.1) is 12.3 Å². The molecule has 0 spiro atoms. The van der Waals surface area contributed by atoms with Crippen LogP contribution in [0.3, 0.4) is 0 Å². The molecule has 17 heavy (non-hydrogen) atoms. The fraction of sp³-hybridized carbons (Fsp3) is 0.462. The molecule has 0 saturated heterocycles. The number of hydrogen-bond donors (Lipinski definition) is 1. The molecule has 0 aromatic carbocycles. The Morgan fingerprint density at radius 3 is 3.00 bits per heavy atom. The van der Waals surface area contributed by atoms with Gasteiger partial charge in [0.1, 0.15) is 0 Å². The topological polar surface area (TPSA) is 51.4 Å². The maximum Gasteiger partial charge on any atom is 0.152 e. The van der Waals surface area contributed by atoms with Gasteiger partial charge in [-0.1, -0.05) is 6.08 Å². The second-order valence-corrected chi connectivity index (χ2v) is 4.36. The maximum atomic E-state index is 6.06. The molecule has 0 amide bonds. The van der Waals surface area contributed by atoms with Gasteiger partial charge in [-0.2, -0.15) is 0 Å². The van der Waals surface area contributed by atoms with Crippen LogP contribution in [0, 0.1) is 6.92 Å². The van der Waals surface area contributed by atoms with Gasteiger partial charge in [-0.05, 0) is 30.5 Å². The van der Waals surface area contributed by atoms with E-state index in [0.717, 1.165) is 43.2 Å². The lowest BCUT2D eigenvalue weighted by Crippen LogP contribution is -2.30. The molecule has 4 heteroatoms. The van der Waals surface area contributed by atoms with Gasteiger partial charge >= 0.3 is 0 Å². The van der Waals surface area contributed by atoms with Gasteiger partial charge in [0.25, 0.3) is 0 Å². The number of aryl methyl sites for hydroxylation is 1. The Morgan fingerprint density at radius 1 is 1.53 bits per heavy atom. The van der Waals surface area contributed by atoms with E-state index in [1.165, 1.54) is 5.57 Å². The van der Waals surface area contributed by atoms with Gasteiger partial charge in [-0.3, -0.25) is 0 Å². The number of nitrogens with two attached hydrogens (primary N) is 1. The molecule has 1 aromatic rings. The van der Waals surface area contributed by atoms with Gasteiger partial charge in [-0.15, -0.1) is 0 Å². The highest BCUT2D eigenvalue weighted by molar-refractivity contribution is 5.66. The van der Waals surface area contributed by atoms with Gasteiger partial charge in [0.15, 0.2) is 5.82 Å². The molecule has 0 aliphatic carbocycles. The van der Waals surface area contributed by atoms with Crippen LogP contribution in [0.15, 0.2) is 23.9 Å². The van der Waals surface area contributed by atoms with Crippen LogP contribution >= 0.6 is 0 Å². The molecule has 2 N–H and O–H groups in total. The lowest BCUT2D eigenvalue weighted by Gasteiger charge is -2.28. The molecule has 0 unspecified atom stereocenters. The molecular formula is C13H19N3O. The van der Waals surface area contributed by atoms with Crippen molar-refractivity contribution in [2.24, 2.45) is 0 Å². The number of methoxy groups -OCH3 is 1. The van der Waals surface area contributed by atoms with Crippen LogP contribution < -0.4 is 10.6 Å². The Bertz CT molecular complexity index is 429. The normalized spacial score (nSPS) is 15.9. The monoisotopic (exact) mass is 233 g/mol. The molecule has 1 aromatic heterocycles. The Labute approximate surface area is 102 Å². The average Bonchev–Trinajstić information content (AvgIpc) is 2.34. The summed E-state index contributed by atoms with van der Waals surface area (Å²) >= 11 is 0. The predicted octanol–water partition coefficient (Wildman–Crippen LogP) is 1.76. The fourth-order valence-electron chi connectivity index (χ4n) is 2.03. The van der Waals surface area contributed by atoms with E-state index in [1.807, 2.05) is 19.2 Å². The molecule has 92 valence electrons. The first-order valence-corrected chi connectivity index (χ1v) is 5.85. The summed E-state index contributed by atoms with van der Waals surface area (Å²) in [5.74, 6) is 0.901. The molecule has 0 radical (unpaired) electrons. The number of ether oxygens (including phenoxy) is 1. The highest BCUT2D eigenvalue weighted by atomic mass is 16.5. The molecule has 2 rings (SSSR count). The summed E-state index contributed by atoms with van der Waals surface area (Å²) in [7, 11) is 1.73. The van der Waals surface area contributed by atoms with E-state index in [9.17, 15) is 0 Å². The van der Waals surface area contributed by atoms with Gasteiger partial charge in [0.2, 0.25) is 0 Å². The van der Waals surface area contributed by atoms with Crippen molar-refractivity contribution in [2.75, 3.05) is 37.4 Å². The van der Waals surface area contributed by atoms with E-state index in [-0.39, 0.29) is 0 Å². The van der Waals surface area contributed by atoms with Crippen molar-refractivity contribution in [2.45, 2.75) is 13.3 Å². The largest absolute Gasteiger partial charge is 0.396 e. The first kappa shape index (κ1) is 11.9. The van der Waals surface area contributed by atoms with Crippen LogP contribution in [0.1, 0.15) is 12.0 Å². The minimum absolute atomic E-state index is 0.727. The molecule has 1 aliphatic rings. The quantitative estimate of drug-likeness (QED) is 0.808. The Balaban J connectivity index is 2.13. The summed E-state index contributed by atoms with van der Waals surface area (Å²) in [5.41, 5.74) is 9.29. The lowest BCUT2D eigenvalue weighted by atomic mass is 10.1. The molecular weight excluding hydrogens is 214 g/mol. The summed E-state index contributed by atoms with van der Waals surface area (Å²) < 4.78 is 5.14. The van der Waals surface area contributed by atoms with Crippen LogP contribution in [0.25, 0.3) is 0 Å². The van der Waals surface area contributed by atoms with Gasteiger partial charge in [-0.25, -0.2) is 4.98 Å². The van der Waals surface area contributed by atoms with E-state index >= 15 is 0 Å². The van der Waals surface area contributed by atoms with Crippen molar-refractivity contribution in [3.05, 3.63) is 29.5 Å². The highest BCUT2D eigenvalue weighted by Gasteiger charge is 2.15. The number of hydrogen-bond acceptors (Lipinski definition) is 4. The number of nitrogens with zero attached hydrogens (tertiary/aromatic N) is 2. The molecule has 2 heterocycles. The molecule has 0 saturated carbocycles. The smallest absolute Gasteiger partial charge is 0.152 e. The zero-order valence-electron chi connectivity index (χ0n) is 10.4. The molecule has 1 aliphatic heterocycles. The average molecular weight is 233 g/mol. The van der Waals surface area contributed by atoms with Crippen molar-refractivity contribution in [3.63, 3.8) is 0 Å². The number of aromatic nitrogens is 1. The molecule has 4 nitrogen and oxygen atoms in total.